The molecular weight excluding hydrogens is 391 g/mol. The Kier molecular flexibility index (Phi) is 13.3. The molecule has 2 N–H and O–H groups in total. The molecule has 0 aliphatic heterocycles. The van der Waals surface area contributed by atoms with Gasteiger partial charge in [0.1, 0.15) is 0 Å². The third-order valence-corrected chi connectivity index (χ3v) is 4.42. The molecule has 0 fully saturated rings. The van der Waals surface area contributed by atoms with E-state index in [-0.39, 0.29) is 36.3 Å². The fourth-order valence-corrected chi connectivity index (χ4v) is 2.86. The van der Waals surface area contributed by atoms with Crippen LogP contribution >= 0.6 is 24.0 Å². The second-order valence-electron chi connectivity index (χ2n) is 3.72. The molecule has 0 aromatic heterocycles. The fourth-order valence-electron chi connectivity index (χ4n) is 1.50. The average molecular weight is 416 g/mol. The molecule has 0 amide bonds. The summed E-state index contributed by atoms with van der Waals surface area (Å²) >= 11 is 0. The van der Waals surface area contributed by atoms with Crippen molar-refractivity contribution < 1.29 is 8.42 Å². The normalized spacial score (nSPS) is 11.7. The van der Waals surface area contributed by atoms with Crippen molar-refractivity contribution in [3.63, 3.8) is 0 Å². The van der Waals surface area contributed by atoms with Crippen molar-refractivity contribution in [1.82, 2.24) is 14.9 Å². The lowest BCUT2D eigenvalue weighted by Gasteiger charge is -2.17. The molecule has 0 rings (SSSR count). The summed E-state index contributed by atoms with van der Waals surface area (Å²) in [5.41, 5.74) is 0. The van der Waals surface area contributed by atoms with Crippen LogP contribution in [0.25, 0.3) is 0 Å². The number of guanidine groups is 1. The van der Waals surface area contributed by atoms with Gasteiger partial charge in [0.2, 0.25) is 10.0 Å². The van der Waals surface area contributed by atoms with Gasteiger partial charge in [0.25, 0.3) is 0 Å². The SMILES string of the molecule is C#CCNC(=NCCS(=O)(=O)N(CC)CC)NCC.I. The van der Waals surface area contributed by atoms with Gasteiger partial charge in [-0.1, -0.05) is 19.8 Å². The maximum atomic E-state index is 11.9. The van der Waals surface area contributed by atoms with Gasteiger partial charge >= 0.3 is 0 Å². The zero-order valence-corrected chi connectivity index (χ0v) is 15.5. The number of hydrogen-bond acceptors (Lipinski definition) is 3. The number of terminal acetylenes is 1. The molecule has 0 aliphatic carbocycles. The lowest BCUT2D eigenvalue weighted by atomic mass is 10.6. The minimum absolute atomic E-state index is 0. The van der Waals surface area contributed by atoms with Crippen molar-refractivity contribution in [2.75, 3.05) is 38.5 Å². The van der Waals surface area contributed by atoms with Gasteiger partial charge in [0, 0.05) is 19.6 Å². The molecule has 8 heteroatoms. The quantitative estimate of drug-likeness (QED) is 0.261. The molecule has 20 heavy (non-hydrogen) atoms. The van der Waals surface area contributed by atoms with Crippen LogP contribution in [0.1, 0.15) is 20.8 Å². The predicted molar refractivity (Wildman–Crippen MR) is 94.9 cm³/mol. The number of nitrogens with zero attached hydrogens (tertiary/aromatic N) is 2. The van der Waals surface area contributed by atoms with Gasteiger partial charge in [-0.15, -0.1) is 30.4 Å². The topological polar surface area (TPSA) is 73.8 Å². The Morgan fingerprint density at radius 1 is 1.25 bits per heavy atom. The van der Waals surface area contributed by atoms with E-state index in [4.69, 9.17) is 6.42 Å². The Bertz CT molecular complexity index is 414. The van der Waals surface area contributed by atoms with E-state index in [1.165, 1.54) is 4.31 Å². The number of nitrogens with one attached hydrogen (secondary N) is 2. The van der Waals surface area contributed by atoms with Crippen LogP contribution in [0.2, 0.25) is 0 Å². The Morgan fingerprint density at radius 3 is 2.30 bits per heavy atom. The van der Waals surface area contributed by atoms with Crippen molar-refractivity contribution in [3.8, 4) is 12.3 Å². The Labute approximate surface area is 139 Å². The molecular formula is C12H25IN4O2S. The number of rotatable bonds is 8. The number of sulfonamides is 1. The van der Waals surface area contributed by atoms with E-state index < -0.39 is 10.0 Å². The highest BCUT2D eigenvalue weighted by atomic mass is 127. The summed E-state index contributed by atoms with van der Waals surface area (Å²) < 4.78 is 25.3. The van der Waals surface area contributed by atoms with E-state index in [1.807, 2.05) is 20.8 Å². The summed E-state index contributed by atoms with van der Waals surface area (Å²) in [5.74, 6) is 2.98. The lowest BCUT2D eigenvalue weighted by molar-refractivity contribution is 0.445. The van der Waals surface area contributed by atoms with E-state index in [9.17, 15) is 8.42 Å². The highest BCUT2D eigenvalue weighted by Crippen LogP contribution is 2.00. The summed E-state index contributed by atoms with van der Waals surface area (Å²) in [4.78, 5) is 4.18. The van der Waals surface area contributed by atoms with Crippen LogP contribution in [-0.2, 0) is 10.0 Å². The van der Waals surface area contributed by atoms with Crippen molar-refractivity contribution in [2.24, 2.45) is 4.99 Å². The van der Waals surface area contributed by atoms with Crippen LogP contribution in [0.15, 0.2) is 4.99 Å². The zero-order valence-electron chi connectivity index (χ0n) is 12.3. The predicted octanol–water partition coefficient (Wildman–Crippen LogP) is 0.464. The molecule has 0 heterocycles. The number of aliphatic imine (C=N–C) groups is 1. The highest BCUT2D eigenvalue weighted by molar-refractivity contribution is 14.0. The molecule has 0 atom stereocenters. The van der Waals surface area contributed by atoms with Crippen LogP contribution in [-0.4, -0.2) is 57.2 Å². The van der Waals surface area contributed by atoms with E-state index in [1.54, 1.807) is 0 Å². The maximum absolute atomic E-state index is 11.9. The van der Waals surface area contributed by atoms with Gasteiger partial charge in [-0.3, -0.25) is 4.99 Å². The summed E-state index contributed by atoms with van der Waals surface area (Å²) in [6.45, 7) is 7.80. The first-order valence-electron chi connectivity index (χ1n) is 6.45. The molecule has 6 nitrogen and oxygen atoms in total. The first kappa shape index (κ1) is 21.8. The smallest absolute Gasteiger partial charge is 0.215 e. The van der Waals surface area contributed by atoms with Gasteiger partial charge in [-0.05, 0) is 6.92 Å². The van der Waals surface area contributed by atoms with Crippen LogP contribution < -0.4 is 10.6 Å². The van der Waals surface area contributed by atoms with Gasteiger partial charge in [0.05, 0.1) is 18.8 Å². The van der Waals surface area contributed by atoms with Gasteiger partial charge < -0.3 is 10.6 Å². The van der Waals surface area contributed by atoms with Crippen molar-refractivity contribution in [1.29, 1.82) is 0 Å². The van der Waals surface area contributed by atoms with E-state index in [0.717, 1.165) is 0 Å². The molecule has 0 aromatic rings. The molecule has 118 valence electrons. The van der Waals surface area contributed by atoms with Crippen LogP contribution in [0.3, 0.4) is 0 Å². The molecule has 0 radical (unpaired) electrons. The minimum atomic E-state index is -3.22. The van der Waals surface area contributed by atoms with Gasteiger partial charge in [-0.25, -0.2) is 12.7 Å². The lowest BCUT2D eigenvalue weighted by Crippen LogP contribution is -2.38. The Morgan fingerprint density at radius 2 is 1.85 bits per heavy atom. The van der Waals surface area contributed by atoms with Gasteiger partial charge in [-0.2, -0.15) is 0 Å². The highest BCUT2D eigenvalue weighted by Gasteiger charge is 2.17. The largest absolute Gasteiger partial charge is 0.357 e. The van der Waals surface area contributed by atoms with Gasteiger partial charge in [0.15, 0.2) is 5.96 Å². The Balaban J connectivity index is 0. The monoisotopic (exact) mass is 416 g/mol. The molecule has 0 unspecified atom stereocenters. The fraction of sp³-hybridized carbons (Fsp3) is 0.750. The summed E-state index contributed by atoms with van der Waals surface area (Å²) in [6, 6.07) is 0. The van der Waals surface area contributed by atoms with Crippen molar-refractivity contribution >= 4 is 40.0 Å². The molecule has 0 saturated carbocycles. The number of halogens is 1. The second kappa shape index (κ2) is 12.2. The summed E-state index contributed by atoms with van der Waals surface area (Å²) in [5, 5.41) is 5.90. The minimum Gasteiger partial charge on any atom is -0.357 e. The number of hydrogen-bond donors (Lipinski definition) is 2. The van der Waals surface area contributed by atoms with E-state index in [0.29, 0.717) is 32.1 Å². The molecule has 0 spiro atoms. The molecule has 0 aromatic carbocycles. The molecule has 0 saturated heterocycles. The van der Waals surface area contributed by atoms with Crippen LogP contribution in [0.4, 0.5) is 0 Å². The maximum Gasteiger partial charge on any atom is 0.215 e. The van der Waals surface area contributed by atoms with Crippen molar-refractivity contribution in [3.05, 3.63) is 0 Å². The Hall–Kier alpha value is -0.530. The van der Waals surface area contributed by atoms with Crippen LogP contribution in [0.5, 0.6) is 0 Å². The molecule has 0 aliphatic rings. The van der Waals surface area contributed by atoms with E-state index >= 15 is 0 Å². The zero-order chi connectivity index (χ0) is 14.7. The first-order chi connectivity index (χ1) is 9.01. The third kappa shape index (κ3) is 8.60. The molecule has 0 bridgehead atoms. The standard InChI is InChI=1S/C12H24N4O2S.HI/c1-5-9-14-12(13-6-2)15-10-11-19(17,18)16(7-3)8-4;/h1H,6-11H2,2-4H3,(H2,13,14,15);1H. The average Bonchev–Trinajstić information content (AvgIpc) is 2.36. The third-order valence-electron chi connectivity index (χ3n) is 2.42. The first-order valence-corrected chi connectivity index (χ1v) is 8.06. The van der Waals surface area contributed by atoms with Crippen LogP contribution in [0, 0.1) is 12.3 Å². The second-order valence-corrected chi connectivity index (χ2v) is 5.81. The van der Waals surface area contributed by atoms with E-state index in [2.05, 4.69) is 21.5 Å². The summed E-state index contributed by atoms with van der Waals surface area (Å²) in [7, 11) is -3.22. The summed E-state index contributed by atoms with van der Waals surface area (Å²) in [6.07, 6.45) is 5.15. The van der Waals surface area contributed by atoms with Crippen molar-refractivity contribution in [2.45, 2.75) is 20.8 Å².